The van der Waals surface area contributed by atoms with Crippen LogP contribution in [0.15, 0.2) is 47.2 Å². The number of hydrogen-bond acceptors (Lipinski definition) is 8. The van der Waals surface area contributed by atoms with E-state index >= 15 is 0 Å². The number of oxazole rings is 1. The molecule has 0 fully saturated rings. The van der Waals surface area contributed by atoms with Crippen molar-refractivity contribution in [2.45, 2.75) is 27.2 Å². The molecule has 0 bridgehead atoms. The number of rotatable bonds is 9. The zero-order valence-electron chi connectivity index (χ0n) is 18.8. The number of methoxy groups -OCH3 is 2. The number of esters is 1. The summed E-state index contributed by atoms with van der Waals surface area (Å²) in [5, 5.41) is 0. The van der Waals surface area contributed by atoms with Gasteiger partial charge in [0, 0.05) is 18.2 Å². The SMILES string of the molecule is CCOc1cc(-c2nc(CC(C)(C(=O)OC)C(=O)c3ncccc3C)co2)ccc1OC. The van der Waals surface area contributed by atoms with Crippen molar-refractivity contribution in [3.05, 3.63) is 59.7 Å². The number of hydrogen-bond donors (Lipinski definition) is 0. The maximum Gasteiger partial charge on any atom is 0.319 e. The second-order valence-corrected chi connectivity index (χ2v) is 7.44. The van der Waals surface area contributed by atoms with Crippen LogP contribution in [0, 0.1) is 12.3 Å². The molecule has 0 saturated heterocycles. The Balaban J connectivity index is 1.93. The number of benzene rings is 1. The summed E-state index contributed by atoms with van der Waals surface area (Å²) < 4.78 is 21.5. The van der Waals surface area contributed by atoms with Crippen molar-refractivity contribution in [1.82, 2.24) is 9.97 Å². The van der Waals surface area contributed by atoms with Crippen molar-refractivity contribution in [2.75, 3.05) is 20.8 Å². The van der Waals surface area contributed by atoms with Gasteiger partial charge in [-0.3, -0.25) is 14.6 Å². The van der Waals surface area contributed by atoms with Gasteiger partial charge in [-0.1, -0.05) is 6.07 Å². The summed E-state index contributed by atoms with van der Waals surface area (Å²) >= 11 is 0. The molecular weight excluding hydrogens is 412 g/mol. The Bertz CT molecular complexity index is 1120. The van der Waals surface area contributed by atoms with E-state index in [1.165, 1.54) is 26.5 Å². The molecule has 8 nitrogen and oxygen atoms in total. The molecule has 3 aromatic rings. The Morgan fingerprint density at radius 1 is 1.16 bits per heavy atom. The zero-order valence-corrected chi connectivity index (χ0v) is 18.8. The lowest BCUT2D eigenvalue weighted by Crippen LogP contribution is -2.40. The van der Waals surface area contributed by atoms with Gasteiger partial charge in [0.05, 0.1) is 26.5 Å². The molecule has 0 N–H and O–H groups in total. The number of aryl methyl sites for hydroxylation is 1. The topological polar surface area (TPSA) is 101 Å². The molecule has 1 unspecified atom stereocenters. The van der Waals surface area contributed by atoms with E-state index in [0.29, 0.717) is 40.8 Å². The number of Topliss-reactive ketones (excluding diaryl/α,β-unsaturated/α-hetero) is 1. The number of pyridine rings is 1. The first-order valence-corrected chi connectivity index (χ1v) is 10.1. The van der Waals surface area contributed by atoms with Gasteiger partial charge in [-0.15, -0.1) is 0 Å². The molecule has 0 spiro atoms. The monoisotopic (exact) mass is 438 g/mol. The van der Waals surface area contributed by atoms with E-state index in [0.717, 1.165) is 0 Å². The summed E-state index contributed by atoms with van der Waals surface area (Å²) in [6.45, 7) is 5.66. The third kappa shape index (κ3) is 4.49. The lowest BCUT2D eigenvalue weighted by atomic mass is 9.79. The molecule has 1 aromatic carbocycles. The van der Waals surface area contributed by atoms with E-state index in [1.807, 2.05) is 6.92 Å². The van der Waals surface area contributed by atoms with Crippen LogP contribution in [0.25, 0.3) is 11.5 Å². The van der Waals surface area contributed by atoms with Crippen LogP contribution in [0.3, 0.4) is 0 Å². The van der Waals surface area contributed by atoms with Gasteiger partial charge in [0.25, 0.3) is 0 Å². The van der Waals surface area contributed by atoms with Gasteiger partial charge in [0.2, 0.25) is 5.89 Å². The van der Waals surface area contributed by atoms with E-state index in [9.17, 15) is 9.59 Å². The van der Waals surface area contributed by atoms with Crippen molar-refractivity contribution in [1.29, 1.82) is 0 Å². The molecule has 2 heterocycles. The fraction of sp³-hybridized carbons (Fsp3) is 0.333. The van der Waals surface area contributed by atoms with Crippen LogP contribution < -0.4 is 9.47 Å². The molecule has 32 heavy (non-hydrogen) atoms. The van der Waals surface area contributed by atoms with E-state index < -0.39 is 17.2 Å². The fourth-order valence-corrected chi connectivity index (χ4v) is 3.42. The summed E-state index contributed by atoms with van der Waals surface area (Å²) in [6, 6.07) is 8.82. The maximum absolute atomic E-state index is 13.3. The maximum atomic E-state index is 13.3. The number of carbonyl (C=O) groups excluding carboxylic acids is 2. The smallest absolute Gasteiger partial charge is 0.319 e. The Hall–Kier alpha value is -3.68. The van der Waals surface area contributed by atoms with Crippen LogP contribution in [0.2, 0.25) is 0 Å². The average molecular weight is 438 g/mol. The largest absolute Gasteiger partial charge is 0.493 e. The number of ketones is 1. The van der Waals surface area contributed by atoms with Crippen molar-refractivity contribution in [3.63, 3.8) is 0 Å². The highest BCUT2D eigenvalue weighted by Crippen LogP contribution is 2.34. The van der Waals surface area contributed by atoms with E-state index in [4.69, 9.17) is 18.6 Å². The third-order valence-corrected chi connectivity index (χ3v) is 5.16. The number of nitrogens with zero attached hydrogens (tertiary/aromatic N) is 2. The molecule has 2 aromatic heterocycles. The Morgan fingerprint density at radius 2 is 1.94 bits per heavy atom. The Labute approximate surface area is 186 Å². The standard InChI is InChI=1S/C24H26N2O6/c1-6-31-19-12-16(9-10-18(19)29-4)22-26-17(14-32-22)13-24(3,23(28)30-5)21(27)20-15(2)8-7-11-25-20/h7-12,14H,6,13H2,1-5H3. The predicted molar refractivity (Wildman–Crippen MR) is 117 cm³/mol. The van der Waals surface area contributed by atoms with Crippen LogP contribution in [0.1, 0.15) is 35.6 Å². The molecule has 8 heteroatoms. The van der Waals surface area contributed by atoms with Crippen molar-refractivity contribution in [3.8, 4) is 23.0 Å². The molecular formula is C24H26N2O6. The summed E-state index contributed by atoms with van der Waals surface area (Å²) in [6.07, 6.45) is 2.94. The van der Waals surface area contributed by atoms with Gasteiger partial charge in [-0.05, 0) is 50.6 Å². The lowest BCUT2D eigenvalue weighted by Gasteiger charge is -2.24. The second-order valence-electron chi connectivity index (χ2n) is 7.44. The number of aromatic nitrogens is 2. The highest BCUT2D eigenvalue weighted by Gasteiger charge is 2.44. The summed E-state index contributed by atoms with van der Waals surface area (Å²) in [7, 11) is 2.81. The van der Waals surface area contributed by atoms with Gasteiger partial charge in [-0.25, -0.2) is 4.98 Å². The van der Waals surface area contributed by atoms with Crippen LogP contribution in [0.5, 0.6) is 11.5 Å². The first-order valence-electron chi connectivity index (χ1n) is 10.1. The van der Waals surface area contributed by atoms with Crippen molar-refractivity contribution in [2.24, 2.45) is 5.41 Å². The van der Waals surface area contributed by atoms with Crippen LogP contribution >= 0.6 is 0 Å². The van der Waals surface area contributed by atoms with Crippen molar-refractivity contribution < 1.29 is 28.2 Å². The highest BCUT2D eigenvalue weighted by atomic mass is 16.5. The molecule has 3 rings (SSSR count). The molecule has 0 amide bonds. The molecule has 1 atom stereocenters. The minimum atomic E-state index is -1.52. The Morgan fingerprint density at radius 3 is 2.59 bits per heavy atom. The summed E-state index contributed by atoms with van der Waals surface area (Å²) in [5.41, 5.74) is 0.491. The van der Waals surface area contributed by atoms with Gasteiger partial charge in [-0.2, -0.15) is 0 Å². The van der Waals surface area contributed by atoms with E-state index in [2.05, 4.69) is 9.97 Å². The molecule has 0 aliphatic carbocycles. The van der Waals surface area contributed by atoms with E-state index in [-0.39, 0.29) is 12.1 Å². The summed E-state index contributed by atoms with van der Waals surface area (Å²) in [4.78, 5) is 34.6. The fourth-order valence-electron chi connectivity index (χ4n) is 3.42. The number of carbonyl (C=O) groups is 2. The molecule has 0 radical (unpaired) electrons. The minimum absolute atomic E-state index is 0.00745. The normalized spacial score (nSPS) is 12.7. The predicted octanol–water partition coefficient (Wildman–Crippen LogP) is 4.06. The van der Waals surface area contributed by atoms with Crippen LogP contribution in [0.4, 0.5) is 0 Å². The van der Waals surface area contributed by atoms with Crippen LogP contribution in [-0.2, 0) is 16.0 Å². The molecule has 0 aliphatic rings. The minimum Gasteiger partial charge on any atom is -0.493 e. The summed E-state index contributed by atoms with van der Waals surface area (Å²) in [5.74, 6) is 0.386. The van der Waals surface area contributed by atoms with Gasteiger partial charge in [0.15, 0.2) is 17.3 Å². The van der Waals surface area contributed by atoms with Gasteiger partial charge >= 0.3 is 5.97 Å². The third-order valence-electron chi connectivity index (χ3n) is 5.16. The first-order chi connectivity index (χ1) is 15.3. The van der Waals surface area contributed by atoms with Gasteiger partial charge < -0.3 is 18.6 Å². The van der Waals surface area contributed by atoms with Crippen LogP contribution in [-0.4, -0.2) is 42.5 Å². The van der Waals surface area contributed by atoms with Gasteiger partial charge in [0.1, 0.15) is 17.4 Å². The highest BCUT2D eigenvalue weighted by molar-refractivity contribution is 6.12. The molecule has 168 valence electrons. The molecule has 0 aliphatic heterocycles. The second kappa shape index (κ2) is 9.64. The quantitative estimate of drug-likeness (QED) is 0.280. The molecule has 0 saturated carbocycles. The Kier molecular flexibility index (Phi) is 6.92. The average Bonchev–Trinajstić information content (AvgIpc) is 3.26. The zero-order chi connectivity index (χ0) is 23.3. The first kappa shape index (κ1) is 23.0. The van der Waals surface area contributed by atoms with Crippen molar-refractivity contribution >= 4 is 11.8 Å². The lowest BCUT2D eigenvalue weighted by molar-refractivity contribution is -0.148. The number of ether oxygens (including phenoxy) is 3. The van der Waals surface area contributed by atoms with E-state index in [1.54, 1.807) is 44.4 Å².